The van der Waals surface area contributed by atoms with E-state index >= 15 is 0 Å². The molecule has 0 fully saturated rings. The van der Waals surface area contributed by atoms with Crippen molar-refractivity contribution in [1.29, 1.82) is 0 Å². The quantitative estimate of drug-likeness (QED) is 0.487. The Morgan fingerprint density at radius 3 is 2.73 bits per heavy atom. The lowest BCUT2D eigenvalue weighted by Gasteiger charge is -2.21. The highest BCUT2D eigenvalue weighted by Gasteiger charge is 2.29. The second-order valence-corrected chi connectivity index (χ2v) is 9.05. The minimum Gasteiger partial charge on any atom is -0.497 e. The fraction of sp³-hybridized carbons (Fsp3) is 0.346. The summed E-state index contributed by atoms with van der Waals surface area (Å²) in [5.41, 5.74) is 7.04. The molecule has 0 saturated heterocycles. The minimum absolute atomic E-state index is 0.903. The molecule has 3 nitrogen and oxygen atoms in total. The first-order valence-corrected chi connectivity index (χ1v) is 11.9. The molecule has 0 atom stereocenters. The molecule has 0 unspecified atom stereocenters. The zero-order valence-corrected chi connectivity index (χ0v) is 18.9. The maximum atomic E-state index is 5.41. The molecule has 0 spiro atoms. The molecular weight excluding hydrogens is 388 g/mol. The molecule has 0 saturated carbocycles. The van der Waals surface area contributed by atoms with Crippen molar-refractivity contribution in [2.24, 2.45) is 0 Å². The Hall–Kier alpha value is -2.46. The Morgan fingerprint density at radius 2 is 1.93 bits per heavy atom. The number of ether oxygens (including phenoxy) is 1. The first-order chi connectivity index (χ1) is 14.7. The summed E-state index contributed by atoms with van der Waals surface area (Å²) in [5, 5.41) is 2.55. The van der Waals surface area contributed by atoms with Crippen molar-refractivity contribution in [1.82, 2.24) is 0 Å². The summed E-state index contributed by atoms with van der Waals surface area (Å²) in [7, 11) is 1.72. The van der Waals surface area contributed by atoms with Crippen LogP contribution in [0.5, 0.6) is 5.75 Å². The molecule has 1 aliphatic carbocycles. The Labute approximate surface area is 183 Å². The number of fused-ring (bicyclic) bond motifs is 4. The van der Waals surface area contributed by atoms with Gasteiger partial charge < -0.3 is 9.64 Å². The van der Waals surface area contributed by atoms with E-state index < -0.39 is 0 Å². The Bertz CT molecular complexity index is 1150. The topological polar surface area (TPSA) is 16.4 Å². The largest absolute Gasteiger partial charge is 0.497 e. The molecule has 2 aliphatic rings. The van der Waals surface area contributed by atoms with E-state index in [2.05, 4.69) is 71.9 Å². The highest BCUT2D eigenvalue weighted by Crippen LogP contribution is 2.50. The van der Waals surface area contributed by atoms with Crippen LogP contribution in [0.15, 0.2) is 52.4 Å². The number of anilines is 1. The molecule has 1 aliphatic heterocycles. The molecule has 0 N–H and O–H groups in total. The maximum absolute atomic E-state index is 5.41. The number of aryl methyl sites for hydroxylation is 2. The lowest BCUT2D eigenvalue weighted by atomic mass is 9.91. The van der Waals surface area contributed by atoms with E-state index in [9.17, 15) is 0 Å². The monoisotopic (exact) mass is 417 g/mol. The summed E-state index contributed by atoms with van der Waals surface area (Å²) in [6.07, 6.45) is 7.48. The predicted molar refractivity (Wildman–Crippen MR) is 126 cm³/mol. The predicted octanol–water partition coefficient (Wildman–Crippen LogP) is 5.97. The van der Waals surface area contributed by atoms with Crippen molar-refractivity contribution >= 4 is 34.4 Å². The van der Waals surface area contributed by atoms with E-state index in [1.807, 2.05) is 11.8 Å². The summed E-state index contributed by atoms with van der Waals surface area (Å²) in [6, 6.07) is 15.5. The van der Waals surface area contributed by atoms with E-state index in [1.54, 1.807) is 18.2 Å². The van der Waals surface area contributed by atoms with Gasteiger partial charge in [0.15, 0.2) is 0 Å². The number of hydrogen-bond donors (Lipinski definition) is 0. The van der Waals surface area contributed by atoms with Gasteiger partial charge in [0.1, 0.15) is 12.3 Å². The summed E-state index contributed by atoms with van der Waals surface area (Å²) in [6.45, 7) is 6.39. The zero-order valence-electron chi connectivity index (χ0n) is 18.1. The zero-order chi connectivity index (χ0) is 20.7. The van der Waals surface area contributed by atoms with Crippen molar-refractivity contribution < 1.29 is 9.30 Å². The number of aromatic nitrogens is 1. The van der Waals surface area contributed by atoms with Crippen LogP contribution in [-0.2, 0) is 19.4 Å². The van der Waals surface area contributed by atoms with Gasteiger partial charge in [0, 0.05) is 29.6 Å². The lowest BCUT2D eigenvalue weighted by Crippen LogP contribution is -2.37. The minimum atomic E-state index is 0.903. The van der Waals surface area contributed by atoms with Gasteiger partial charge in [-0.1, -0.05) is 17.8 Å². The average Bonchev–Trinajstić information content (AvgIpc) is 3.16. The standard InChI is InChI=1S/C26H29N2OS/c1-4-27-20(12-10-19-16-21(29-3)13-15-23(19)27)17-25-28(5-2)24-14-11-18-8-6-7-9-22(18)26(24)30-25/h10-17H,4-9H2,1-3H3/q+1. The number of methoxy groups -OCH3 is 1. The molecule has 0 amide bonds. The van der Waals surface area contributed by atoms with Crippen LogP contribution in [0, 0.1) is 0 Å². The van der Waals surface area contributed by atoms with Crippen LogP contribution in [0.3, 0.4) is 0 Å². The summed E-state index contributed by atoms with van der Waals surface area (Å²) >= 11 is 1.96. The van der Waals surface area contributed by atoms with Crippen LogP contribution in [0.4, 0.5) is 5.69 Å². The van der Waals surface area contributed by atoms with Crippen molar-refractivity contribution in [2.75, 3.05) is 18.6 Å². The molecule has 1 aromatic heterocycles. The van der Waals surface area contributed by atoms with E-state index in [1.165, 1.54) is 57.9 Å². The number of pyridine rings is 1. The summed E-state index contributed by atoms with van der Waals surface area (Å²) in [5.74, 6) is 0.903. The molecule has 0 bridgehead atoms. The van der Waals surface area contributed by atoms with Crippen LogP contribution in [0.1, 0.15) is 43.5 Å². The van der Waals surface area contributed by atoms with E-state index in [4.69, 9.17) is 4.74 Å². The van der Waals surface area contributed by atoms with Crippen molar-refractivity contribution in [3.05, 3.63) is 64.3 Å². The smallest absolute Gasteiger partial charge is 0.213 e. The third kappa shape index (κ3) is 3.18. The third-order valence-corrected chi connectivity index (χ3v) is 7.60. The third-order valence-electron chi connectivity index (χ3n) is 6.40. The molecular formula is C26H29N2OS+. The number of benzene rings is 2. The molecule has 2 heterocycles. The van der Waals surface area contributed by atoms with Crippen molar-refractivity contribution in [3.63, 3.8) is 0 Å². The Kier molecular flexibility index (Phi) is 5.20. The average molecular weight is 418 g/mol. The molecule has 154 valence electrons. The molecule has 5 rings (SSSR count). The van der Waals surface area contributed by atoms with E-state index in [-0.39, 0.29) is 0 Å². The maximum Gasteiger partial charge on any atom is 0.213 e. The van der Waals surface area contributed by atoms with Gasteiger partial charge in [-0.25, -0.2) is 0 Å². The second kappa shape index (κ2) is 7.99. The number of thioether (sulfide) groups is 1. The van der Waals surface area contributed by atoms with Gasteiger partial charge in [-0.05, 0) is 74.9 Å². The normalized spacial score (nSPS) is 16.8. The van der Waals surface area contributed by atoms with Gasteiger partial charge in [0.25, 0.3) is 0 Å². The Morgan fingerprint density at radius 1 is 1.07 bits per heavy atom. The first kappa shape index (κ1) is 19.5. The molecule has 4 heteroatoms. The van der Waals surface area contributed by atoms with Gasteiger partial charge in [-0.15, -0.1) is 0 Å². The van der Waals surface area contributed by atoms with Crippen LogP contribution in [0.2, 0.25) is 0 Å². The van der Waals surface area contributed by atoms with Gasteiger partial charge in [-0.3, -0.25) is 0 Å². The highest BCUT2D eigenvalue weighted by atomic mass is 32.2. The molecule has 2 aromatic carbocycles. The number of hydrogen-bond acceptors (Lipinski definition) is 3. The van der Waals surface area contributed by atoms with Crippen molar-refractivity contribution in [3.8, 4) is 5.75 Å². The Balaban J connectivity index is 1.59. The molecule has 30 heavy (non-hydrogen) atoms. The summed E-state index contributed by atoms with van der Waals surface area (Å²) < 4.78 is 7.81. The fourth-order valence-electron chi connectivity index (χ4n) is 4.87. The SMILES string of the molecule is CCN1/C(=C/c2ccc3cc(OC)ccc3[n+]2CC)Sc2c1ccc1c2CCCC1. The fourth-order valence-corrected chi connectivity index (χ4v) is 6.23. The number of rotatable bonds is 4. The first-order valence-electron chi connectivity index (χ1n) is 11.1. The van der Waals surface area contributed by atoms with Gasteiger partial charge >= 0.3 is 0 Å². The van der Waals surface area contributed by atoms with E-state index in [0.717, 1.165) is 18.8 Å². The second-order valence-electron chi connectivity index (χ2n) is 8.01. The molecule has 3 aromatic rings. The van der Waals surface area contributed by atoms with Gasteiger partial charge in [0.05, 0.1) is 23.2 Å². The molecule has 0 radical (unpaired) electrons. The summed E-state index contributed by atoms with van der Waals surface area (Å²) in [4.78, 5) is 3.97. The highest BCUT2D eigenvalue weighted by molar-refractivity contribution is 8.04. The van der Waals surface area contributed by atoms with Gasteiger partial charge in [-0.2, -0.15) is 4.57 Å². The lowest BCUT2D eigenvalue weighted by molar-refractivity contribution is -0.669. The van der Waals surface area contributed by atoms with Crippen LogP contribution in [0.25, 0.3) is 17.0 Å². The van der Waals surface area contributed by atoms with Crippen LogP contribution in [-0.4, -0.2) is 13.7 Å². The van der Waals surface area contributed by atoms with E-state index in [0.29, 0.717) is 0 Å². The van der Waals surface area contributed by atoms with Crippen LogP contribution < -0.4 is 14.2 Å². The number of nitrogens with zero attached hydrogens (tertiary/aromatic N) is 2. The van der Waals surface area contributed by atoms with Crippen LogP contribution >= 0.6 is 11.8 Å². The van der Waals surface area contributed by atoms with Gasteiger partial charge in [0.2, 0.25) is 11.2 Å². The van der Waals surface area contributed by atoms with Crippen molar-refractivity contribution in [2.45, 2.75) is 51.0 Å².